The van der Waals surface area contributed by atoms with Crippen LogP contribution < -0.4 is 26.5 Å². The van der Waals surface area contributed by atoms with Crippen LogP contribution in [-0.2, 0) is 0 Å². The van der Waals surface area contributed by atoms with Crippen LogP contribution in [0.25, 0.3) is 30.2 Å². The zero-order valence-electron chi connectivity index (χ0n) is 23.1. The summed E-state index contributed by atoms with van der Waals surface area (Å²) in [6.45, 7) is 7.77. The third kappa shape index (κ3) is 5.94. The van der Waals surface area contributed by atoms with Crippen LogP contribution in [0.2, 0.25) is 0 Å². The first-order valence-corrected chi connectivity index (χ1v) is 13.7. The fourth-order valence-electron chi connectivity index (χ4n) is 5.26. The zero-order chi connectivity index (χ0) is 27.0. The average molecular weight is 512 g/mol. The molecule has 7 nitrogen and oxygen atoms in total. The van der Waals surface area contributed by atoms with E-state index in [-0.39, 0.29) is 5.41 Å². The quantitative estimate of drug-likeness (QED) is 0.495. The maximum absolute atomic E-state index is 6.94. The molecule has 0 aliphatic heterocycles. The monoisotopic (exact) mass is 511 g/mol. The fraction of sp³-hybridized carbons (Fsp3) is 0.419. The van der Waals surface area contributed by atoms with Crippen molar-refractivity contribution in [1.82, 2.24) is 20.3 Å². The molecule has 0 aromatic carbocycles. The lowest BCUT2D eigenvalue weighted by molar-refractivity contribution is 0.229. The highest BCUT2D eigenvalue weighted by Gasteiger charge is 2.42. The molecule has 38 heavy (non-hydrogen) atoms. The van der Waals surface area contributed by atoms with Gasteiger partial charge in [-0.2, -0.15) is 0 Å². The molecule has 0 atom stereocenters. The molecular formula is C31H41N7. The number of nitrogens with one attached hydrogen (secondary N) is 1. The van der Waals surface area contributed by atoms with Crippen LogP contribution >= 0.6 is 0 Å². The Bertz CT molecular complexity index is 1350. The Balaban J connectivity index is 1.80. The van der Waals surface area contributed by atoms with Gasteiger partial charge in [0.25, 0.3) is 0 Å². The van der Waals surface area contributed by atoms with Gasteiger partial charge in [-0.1, -0.05) is 36.8 Å². The van der Waals surface area contributed by atoms with Crippen LogP contribution in [0.4, 0.5) is 5.82 Å². The summed E-state index contributed by atoms with van der Waals surface area (Å²) in [5.74, 6) is 1.39. The second kappa shape index (κ2) is 12.8. The second-order valence-electron chi connectivity index (χ2n) is 10.2. The van der Waals surface area contributed by atoms with E-state index in [1.807, 2.05) is 33.3 Å². The van der Waals surface area contributed by atoms with Gasteiger partial charge in [-0.25, -0.2) is 9.97 Å². The van der Waals surface area contributed by atoms with Crippen LogP contribution in [0.15, 0.2) is 53.0 Å². The Kier molecular flexibility index (Phi) is 9.24. The molecule has 1 saturated carbocycles. The van der Waals surface area contributed by atoms with Gasteiger partial charge in [-0.05, 0) is 64.6 Å². The van der Waals surface area contributed by atoms with Crippen molar-refractivity contribution < 1.29 is 0 Å². The standard InChI is InChI=1S/C31H41N7/c1-5-34-22-27-23(2)30(38(4)19-18-33-3)37-29(36-27)26-14-17-35-21-24(26)20-28(32)31(15-11-16-31)25-12-9-7-6-8-10-13-25/h5,7,9,12,14,17,20-22,33H,2,6,8,10-11,13,15-16,18-19,32H2,1,3-4H3/b9-7-,25-12+,27-22+,28-20-,34-5?. The minimum Gasteiger partial charge on any atom is -0.401 e. The SMILES string of the molecule is C=c1c(N(C)CCNC)nc(-c2ccncc2/C=C(\N)C2(/C3=C/C=C\CCCC3)CCC2)n/c1=C/N=CC. The molecule has 1 fully saturated rings. The summed E-state index contributed by atoms with van der Waals surface area (Å²) in [5.41, 5.74) is 11.0. The number of aliphatic imine (C=N–C) groups is 1. The first kappa shape index (κ1) is 27.5. The van der Waals surface area contributed by atoms with Crippen LogP contribution in [0.5, 0.6) is 0 Å². The van der Waals surface area contributed by atoms with E-state index in [2.05, 4.69) is 51.1 Å². The van der Waals surface area contributed by atoms with Crippen LogP contribution in [-0.4, -0.2) is 48.4 Å². The first-order valence-electron chi connectivity index (χ1n) is 13.7. The summed E-state index contributed by atoms with van der Waals surface area (Å²) in [4.78, 5) is 20.7. The van der Waals surface area contributed by atoms with Crippen molar-refractivity contribution in [3.63, 3.8) is 0 Å². The molecule has 0 radical (unpaired) electrons. The predicted molar refractivity (Wildman–Crippen MR) is 160 cm³/mol. The van der Waals surface area contributed by atoms with E-state index >= 15 is 0 Å². The molecule has 0 amide bonds. The molecule has 200 valence electrons. The molecule has 0 unspecified atom stereocenters. The van der Waals surface area contributed by atoms with Crippen molar-refractivity contribution in [2.45, 2.75) is 51.9 Å². The van der Waals surface area contributed by atoms with Gasteiger partial charge in [0, 0.05) is 66.2 Å². The maximum atomic E-state index is 6.94. The number of nitrogens with two attached hydrogens (primary N) is 1. The van der Waals surface area contributed by atoms with E-state index < -0.39 is 0 Å². The zero-order valence-corrected chi connectivity index (χ0v) is 23.1. The molecule has 2 aliphatic carbocycles. The van der Waals surface area contributed by atoms with E-state index in [1.165, 1.54) is 24.8 Å². The second-order valence-corrected chi connectivity index (χ2v) is 10.2. The predicted octanol–water partition coefficient (Wildman–Crippen LogP) is 3.96. The number of allylic oxidation sites excluding steroid dienone is 4. The van der Waals surface area contributed by atoms with Gasteiger partial charge in [0.15, 0.2) is 5.82 Å². The molecule has 2 aromatic heterocycles. The van der Waals surface area contributed by atoms with Crippen molar-refractivity contribution in [3.05, 3.63) is 64.1 Å². The number of hydrogen-bond acceptors (Lipinski definition) is 7. The van der Waals surface area contributed by atoms with Crippen LogP contribution in [0.3, 0.4) is 0 Å². The molecule has 2 aliphatic rings. The van der Waals surface area contributed by atoms with Gasteiger partial charge in [0.1, 0.15) is 5.82 Å². The van der Waals surface area contributed by atoms with Gasteiger partial charge in [-0.3, -0.25) is 9.98 Å². The number of rotatable bonds is 9. The molecular weight excluding hydrogens is 470 g/mol. The van der Waals surface area contributed by atoms with Gasteiger partial charge < -0.3 is 16.0 Å². The first-order chi connectivity index (χ1) is 18.5. The Morgan fingerprint density at radius 1 is 1.26 bits per heavy atom. The number of aromatic nitrogens is 3. The Morgan fingerprint density at radius 2 is 2.11 bits per heavy atom. The summed E-state index contributed by atoms with van der Waals surface area (Å²) in [6.07, 6.45) is 24.1. The lowest BCUT2D eigenvalue weighted by Crippen LogP contribution is -2.38. The van der Waals surface area contributed by atoms with E-state index in [9.17, 15) is 0 Å². The summed E-state index contributed by atoms with van der Waals surface area (Å²) in [5, 5.41) is 4.64. The molecule has 0 spiro atoms. The van der Waals surface area contributed by atoms with Crippen molar-refractivity contribution >= 4 is 30.9 Å². The van der Waals surface area contributed by atoms with Crippen molar-refractivity contribution in [1.29, 1.82) is 0 Å². The lowest BCUT2D eigenvalue weighted by Gasteiger charge is -2.45. The fourth-order valence-corrected chi connectivity index (χ4v) is 5.26. The van der Waals surface area contributed by atoms with Crippen molar-refractivity contribution in [3.8, 4) is 11.4 Å². The van der Waals surface area contributed by atoms with E-state index in [1.54, 1.807) is 18.6 Å². The Labute approximate surface area is 226 Å². The molecule has 4 rings (SSSR count). The highest BCUT2D eigenvalue weighted by atomic mass is 15.2. The molecule has 3 N–H and O–H groups in total. The highest BCUT2D eigenvalue weighted by Crippen LogP contribution is 2.53. The largest absolute Gasteiger partial charge is 0.401 e. The topological polar surface area (TPSA) is 92.3 Å². The average Bonchev–Trinajstić information content (AvgIpc) is 2.87. The molecule has 2 heterocycles. The third-order valence-corrected chi connectivity index (χ3v) is 7.70. The smallest absolute Gasteiger partial charge is 0.162 e. The van der Waals surface area contributed by atoms with E-state index in [0.717, 1.165) is 66.6 Å². The number of likely N-dealkylation sites (N-methyl/N-ethyl adjacent to an activating group) is 2. The number of hydrogen-bond donors (Lipinski definition) is 2. The Morgan fingerprint density at radius 3 is 2.84 bits per heavy atom. The van der Waals surface area contributed by atoms with Crippen LogP contribution in [0, 0.1) is 5.41 Å². The van der Waals surface area contributed by atoms with Gasteiger partial charge in [0.2, 0.25) is 0 Å². The molecule has 7 heteroatoms. The van der Waals surface area contributed by atoms with Gasteiger partial charge in [-0.15, -0.1) is 0 Å². The molecule has 2 aromatic rings. The molecule has 0 saturated heterocycles. The molecule has 0 bridgehead atoms. The summed E-state index contributed by atoms with van der Waals surface area (Å²) >= 11 is 0. The highest BCUT2D eigenvalue weighted by molar-refractivity contribution is 5.73. The van der Waals surface area contributed by atoms with Crippen LogP contribution in [0.1, 0.15) is 57.4 Å². The van der Waals surface area contributed by atoms with E-state index in [4.69, 9.17) is 15.7 Å². The van der Waals surface area contributed by atoms with E-state index in [0.29, 0.717) is 11.2 Å². The normalized spacial score (nSPS) is 20.3. The summed E-state index contributed by atoms with van der Waals surface area (Å²) in [6, 6.07) is 1.97. The Hall–Kier alpha value is -3.58. The summed E-state index contributed by atoms with van der Waals surface area (Å²) in [7, 11) is 3.96. The van der Waals surface area contributed by atoms with Gasteiger partial charge >= 0.3 is 0 Å². The summed E-state index contributed by atoms with van der Waals surface area (Å²) < 4.78 is 0. The third-order valence-electron chi connectivity index (χ3n) is 7.70. The maximum Gasteiger partial charge on any atom is 0.162 e. The number of pyridine rings is 1. The van der Waals surface area contributed by atoms with Crippen molar-refractivity contribution in [2.24, 2.45) is 16.1 Å². The van der Waals surface area contributed by atoms with Gasteiger partial charge in [0.05, 0.1) is 11.5 Å². The van der Waals surface area contributed by atoms with Crippen molar-refractivity contribution in [2.75, 3.05) is 32.1 Å². The minimum atomic E-state index is -0.0693. The minimum absolute atomic E-state index is 0.0693. The number of nitrogens with zero attached hydrogens (tertiary/aromatic N) is 5. The lowest BCUT2D eigenvalue weighted by atomic mass is 9.60. The number of anilines is 1.